The van der Waals surface area contributed by atoms with Crippen molar-refractivity contribution in [2.45, 2.75) is 44.4 Å². The fraction of sp³-hybridized carbons (Fsp3) is 0.538. The van der Waals surface area contributed by atoms with Crippen LogP contribution in [0, 0.1) is 0 Å². The molecule has 2 rings (SSSR count). The van der Waals surface area contributed by atoms with E-state index in [0.29, 0.717) is 6.04 Å². The molecule has 0 atom stereocenters. The molecular formula is C13H21BrN2O. The van der Waals surface area contributed by atoms with E-state index in [0.717, 1.165) is 43.5 Å². The molecule has 0 saturated heterocycles. The van der Waals surface area contributed by atoms with Gasteiger partial charge in [-0.05, 0) is 37.3 Å². The second-order valence-electron chi connectivity index (χ2n) is 4.59. The molecule has 1 aromatic rings. The summed E-state index contributed by atoms with van der Waals surface area (Å²) in [6, 6.07) is 8.48. The molecule has 1 aromatic carbocycles. The summed E-state index contributed by atoms with van der Waals surface area (Å²) in [6.45, 7) is 0.827. The number of nitrogens with two attached hydrogens (primary N) is 1. The van der Waals surface area contributed by atoms with E-state index in [2.05, 4.69) is 11.4 Å². The zero-order valence-corrected chi connectivity index (χ0v) is 11.6. The van der Waals surface area contributed by atoms with Gasteiger partial charge in [0.05, 0.1) is 6.10 Å². The Labute approximate surface area is 113 Å². The number of rotatable bonds is 3. The lowest BCUT2D eigenvalue weighted by Crippen LogP contribution is -2.34. The van der Waals surface area contributed by atoms with Gasteiger partial charge in [-0.15, -0.1) is 17.0 Å². The Morgan fingerprint density at radius 2 is 1.82 bits per heavy atom. The maximum Gasteiger partial charge on any atom is 0.0541 e. The van der Waals surface area contributed by atoms with E-state index in [4.69, 9.17) is 5.73 Å². The first-order valence-electron chi connectivity index (χ1n) is 6.00. The van der Waals surface area contributed by atoms with Crippen molar-refractivity contribution < 1.29 is 5.11 Å². The summed E-state index contributed by atoms with van der Waals surface area (Å²) in [4.78, 5) is 0. The monoisotopic (exact) mass is 300 g/mol. The fourth-order valence-electron chi connectivity index (χ4n) is 2.23. The number of aliphatic hydroxyl groups excluding tert-OH is 1. The highest BCUT2D eigenvalue weighted by Crippen LogP contribution is 2.19. The first-order valence-corrected chi connectivity index (χ1v) is 6.00. The number of anilines is 1. The Kier molecular flexibility index (Phi) is 5.95. The van der Waals surface area contributed by atoms with Crippen molar-refractivity contribution in [2.75, 3.05) is 5.73 Å². The highest BCUT2D eigenvalue weighted by atomic mass is 79.9. The first kappa shape index (κ1) is 14.5. The van der Waals surface area contributed by atoms with E-state index in [1.165, 1.54) is 0 Å². The van der Waals surface area contributed by atoms with Crippen molar-refractivity contribution in [1.29, 1.82) is 0 Å². The average molecular weight is 301 g/mol. The Morgan fingerprint density at radius 3 is 2.47 bits per heavy atom. The molecule has 0 bridgehead atoms. The van der Waals surface area contributed by atoms with Crippen LogP contribution in [-0.4, -0.2) is 17.3 Å². The van der Waals surface area contributed by atoms with Gasteiger partial charge in [-0.2, -0.15) is 0 Å². The summed E-state index contributed by atoms with van der Waals surface area (Å²) in [7, 11) is 0. The van der Waals surface area contributed by atoms with Crippen molar-refractivity contribution in [3.05, 3.63) is 29.8 Å². The Balaban J connectivity index is 0.00000144. The fourth-order valence-corrected chi connectivity index (χ4v) is 2.23. The van der Waals surface area contributed by atoms with Crippen LogP contribution in [0.25, 0.3) is 0 Å². The minimum atomic E-state index is -0.0835. The molecule has 4 N–H and O–H groups in total. The molecule has 1 fully saturated rings. The Morgan fingerprint density at radius 1 is 1.18 bits per heavy atom. The van der Waals surface area contributed by atoms with Crippen molar-refractivity contribution in [3.63, 3.8) is 0 Å². The first-order chi connectivity index (χ1) is 7.75. The number of hydrogen-bond acceptors (Lipinski definition) is 3. The van der Waals surface area contributed by atoms with Crippen molar-refractivity contribution in [2.24, 2.45) is 0 Å². The SMILES string of the molecule is Br.Nc1ccccc1CNC1CCC(O)CC1. The van der Waals surface area contributed by atoms with Crippen LogP contribution in [0.5, 0.6) is 0 Å². The highest BCUT2D eigenvalue weighted by molar-refractivity contribution is 8.93. The Hall–Kier alpha value is -0.580. The number of halogens is 1. The molecule has 3 nitrogen and oxygen atoms in total. The van der Waals surface area contributed by atoms with Gasteiger partial charge in [0.25, 0.3) is 0 Å². The zero-order valence-electron chi connectivity index (χ0n) is 9.93. The number of hydrogen-bond donors (Lipinski definition) is 3. The van der Waals surface area contributed by atoms with Crippen LogP contribution in [0.1, 0.15) is 31.2 Å². The molecule has 1 aliphatic rings. The molecule has 4 heteroatoms. The van der Waals surface area contributed by atoms with E-state index in [-0.39, 0.29) is 23.1 Å². The molecule has 0 radical (unpaired) electrons. The van der Waals surface area contributed by atoms with Crippen LogP contribution in [-0.2, 0) is 6.54 Å². The molecule has 1 saturated carbocycles. The van der Waals surface area contributed by atoms with Crippen molar-refractivity contribution in [1.82, 2.24) is 5.32 Å². The van der Waals surface area contributed by atoms with E-state index < -0.39 is 0 Å². The van der Waals surface area contributed by atoms with Crippen LogP contribution in [0.15, 0.2) is 24.3 Å². The van der Waals surface area contributed by atoms with Crippen LogP contribution >= 0.6 is 17.0 Å². The Bertz CT molecular complexity index is 338. The topological polar surface area (TPSA) is 58.3 Å². The largest absolute Gasteiger partial charge is 0.398 e. The van der Waals surface area contributed by atoms with E-state index in [9.17, 15) is 5.11 Å². The van der Waals surface area contributed by atoms with Crippen LogP contribution in [0.2, 0.25) is 0 Å². The summed E-state index contributed by atoms with van der Waals surface area (Å²) < 4.78 is 0. The highest BCUT2D eigenvalue weighted by Gasteiger charge is 2.18. The van der Waals surface area contributed by atoms with E-state index in [1.54, 1.807) is 0 Å². The normalized spacial score (nSPS) is 24.1. The smallest absolute Gasteiger partial charge is 0.0541 e. The summed E-state index contributed by atoms with van der Waals surface area (Å²) in [5.74, 6) is 0. The third-order valence-electron chi connectivity index (χ3n) is 3.33. The molecular weight excluding hydrogens is 280 g/mol. The molecule has 96 valence electrons. The summed E-state index contributed by atoms with van der Waals surface area (Å²) in [6.07, 6.45) is 3.88. The summed E-state index contributed by atoms with van der Waals surface area (Å²) in [5.41, 5.74) is 7.89. The van der Waals surface area contributed by atoms with Crippen LogP contribution < -0.4 is 11.1 Å². The predicted octanol–water partition coefficient (Wildman–Crippen LogP) is 2.24. The molecule has 0 spiro atoms. The maximum absolute atomic E-state index is 9.41. The maximum atomic E-state index is 9.41. The van der Waals surface area contributed by atoms with Gasteiger partial charge < -0.3 is 16.2 Å². The lowest BCUT2D eigenvalue weighted by atomic mass is 9.93. The van der Waals surface area contributed by atoms with Gasteiger partial charge in [-0.1, -0.05) is 18.2 Å². The van der Waals surface area contributed by atoms with Crippen molar-refractivity contribution >= 4 is 22.7 Å². The molecule has 0 aliphatic heterocycles. The second-order valence-corrected chi connectivity index (χ2v) is 4.59. The lowest BCUT2D eigenvalue weighted by Gasteiger charge is -2.26. The minimum absolute atomic E-state index is 0. The third-order valence-corrected chi connectivity index (χ3v) is 3.33. The second kappa shape index (κ2) is 6.99. The van der Waals surface area contributed by atoms with Gasteiger partial charge in [-0.25, -0.2) is 0 Å². The van der Waals surface area contributed by atoms with Gasteiger partial charge in [0, 0.05) is 18.3 Å². The molecule has 0 amide bonds. The minimum Gasteiger partial charge on any atom is -0.398 e. The summed E-state index contributed by atoms with van der Waals surface area (Å²) >= 11 is 0. The standard InChI is InChI=1S/C13H20N2O.BrH/c14-13-4-2-1-3-10(13)9-15-11-5-7-12(16)8-6-11;/h1-4,11-12,15-16H,5-9,14H2;1H. The third kappa shape index (κ3) is 4.30. The molecule has 0 aromatic heterocycles. The van der Waals surface area contributed by atoms with Gasteiger partial charge in [0.1, 0.15) is 0 Å². The lowest BCUT2D eigenvalue weighted by molar-refractivity contribution is 0.116. The van der Waals surface area contributed by atoms with Gasteiger partial charge in [0.15, 0.2) is 0 Å². The number of para-hydroxylation sites is 1. The van der Waals surface area contributed by atoms with Gasteiger partial charge in [-0.3, -0.25) is 0 Å². The molecule has 1 aliphatic carbocycles. The van der Waals surface area contributed by atoms with Gasteiger partial charge >= 0.3 is 0 Å². The summed E-state index contributed by atoms with van der Waals surface area (Å²) in [5, 5.41) is 12.9. The number of benzene rings is 1. The molecule has 17 heavy (non-hydrogen) atoms. The molecule has 0 heterocycles. The quantitative estimate of drug-likeness (QED) is 0.751. The average Bonchev–Trinajstić information content (AvgIpc) is 2.30. The van der Waals surface area contributed by atoms with Gasteiger partial charge in [0.2, 0.25) is 0 Å². The zero-order chi connectivity index (χ0) is 11.4. The number of aliphatic hydroxyl groups is 1. The van der Waals surface area contributed by atoms with Crippen LogP contribution in [0.4, 0.5) is 5.69 Å². The van der Waals surface area contributed by atoms with Crippen molar-refractivity contribution in [3.8, 4) is 0 Å². The van der Waals surface area contributed by atoms with Crippen LogP contribution in [0.3, 0.4) is 0 Å². The number of nitrogens with one attached hydrogen (secondary N) is 1. The molecule has 0 unspecified atom stereocenters. The van der Waals surface area contributed by atoms with E-state index in [1.807, 2.05) is 18.2 Å². The number of nitrogen functional groups attached to an aromatic ring is 1. The van der Waals surface area contributed by atoms with E-state index >= 15 is 0 Å². The predicted molar refractivity (Wildman–Crippen MR) is 76.3 cm³/mol.